The van der Waals surface area contributed by atoms with Gasteiger partial charge in [0.05, 0.1) is 11.4 Å². The Labute approximate surface area is 131 Å². The van der Waals surface area contributed by atoms with Gasteiger partial charge in [-0.2, -0.15) is 0 Å². The van der Waals surface area contributed by atoms with Crippen LogP contribution in [0.15, 0.2) is 18.2 Å². The van der Waals surface area contributed by atoms with E-state index in [0.29, 0.717) is 0 Å². The Bertz CT molecular complexity index is 374. The van der Waals surface area contributed by atoms with Crippen LogP contribution in [0.3, 0.4) is 0 Å². The minimum absolute atomic E-state index is 0.863. The molecule has 0 aromatic heterocycles. The average molecular weight is 290 g/mol. The number of hydrogen-bond acceptors (Lipinski definition) is 2. The minimum Gasteiger partial charge on any atom is -0.397 e. The summed E-state index contributed by atoms with van der Waals surface area (Å²) >= 11 is 0. The van der Waals surface area contributed by atoms with Gasteiger partial charge in [0, 0.05) is 7.05 Å². The summed E-state index contributed by atoms with van der Waals surface area (Å²) < 4.78 is 0. The average Bonchev–Trinajstić information content (AvgIpc) is 2.49. The van der Waals surface area contributed by atoms with Crippen LogP contribution in [-0.2, 0) is 6.42 Å². The van der Waals surface area contributed by atoms with Gasteiger partial charge in [-0.3, -0.25) is 0 Å². The Balaban J connectivity index is 2.00. The van der Waals surface area contributed by atoms with Crippen molar-refractivity contribution in [2.24, 2.45) is 0 Å². The Hall–Kier alpha value is -1.18. The predicted molar refractivity (Wildman–Crippen MR) is 95.9 cm³/mol. The molecule has 2 heteroatoms. The van der Waals surface area contributed by atoms with E-state index in [0.717, 1.165) is 17.8 Å². The fourth-order valence-corrected chi connectivity index (χ4v) is 2.81. The Morgan fingerprint density at radius 1 is 0.857 bits per heavy atom. The van der Waals surface area contributed by atoms with E-state index in [4.69, 9.17) is 5.73 Å². The molecule has 0 radical (unpaired) electrons. The first-order chi connectivity index (χ1) is 10.3. The monoisotopic (exact) mass is 290 g/mol. The van der Waals surface area contributed by atoms with E-state index >= 15 is 0 Å². The zero-order chi connectivity index (χ0) is 15.3. The van der Waals surface area contributed by atoms with Crippen LogP contribution in [0.2, 0.25) is 0 Å². The molecule has 120 valence electrons. The molecule has 0 saturated heterocycles. The molecule has 0 spiro atoms. The first-order valence-corrected chi connectivity index (χ1v) is 8.84. The number of nitrogen functional groups attached to an aromatic ring is 1. The van der Waals surface area contributed by atoms with Gasteiger partial charge in [0.15, 0.2) is 0 Å². The topological polar surface area (TPSA) is 38.0 Å². The van der Waals surface area contributed by atoms with Crippen molar-refractivity contribution in [1.82, 2.24) is 0 Å². The Morgan fingerprint density at radius 2 is 1.43 bits per heavy atom. The van der Waals surface area contributed by atoms with Gasteiger partial charge in [0.1, 0.15) is 0 Å². The van der Waals surface area contributed by atoms with Crippen molar-refractivity contribution >= 4 is 11.4 Å². The number of nitrogens with one attached hydrogen (secondary N) is 1. The zero-order valence-corrected chi connectivity index (χ0v) is 14.1. The highest BCUT2D eigenvalue weighted by molar-refractivity contribution is 5.66. The number of anilines is 2. The molecule has 0 atom stereocenters. The normalized spacial score (nSPS) is 10.8. The number of unbranched alkanes of at least 4 members (excludes halogenated alkanes) is 9. The van der Waals surface area contributed by atoms with Crippen molar-refractivity contribution in [3.05, 3.63) is 23.8 Å². The molecular formula is C19H34N2. The molecule has 0 saturated carbocycles. The van der Waals surface area contributed by atoms with Crippen LogP contribution in [0.1, 0.15) is 76.7 Å². The third-order valence-electron chi connectivity index (χ3n) is 4.20. The van der Waals surface area contributed by atoms with Crippen LogP contribution in [-0.4, -0.2) is 7.05 Å². The SMILES string of the molecule is CCCCCCCCCCCCc1ccc(NC)c(N)c1. The van der Waals surface area contributed by atoms with E-state index in [1.54, 1.807) is 0 Å². The van der Waals surface area contributed by atoms with Crippen LogP contribution in [0.4, 0.5) is 11.4 Å². The largest absolute Gasteiger partial charge is 0.397 e. The molecule has 1 aromatic rings. The quantitative estimate of drug-likeness (QED) is 0.378. The number of benzene rings is 1. The molecule has 0 bridgehead atoms. The molecule has 0 unspecified atom stereocenters. The van der Waals surface area contributed by atoms with Crippen LogP contribution in [0.25, 0.3) is 0 Å². The number of hydrogen-bond donors (Lipinski definition) is 2. The molecule has 0 aliphatic rings. The van der Waals surface area contributed by atoms with E-state index < -0.39 is 0 Å². The zero-order valence-electron chi connectivity index (χ0n) is 14.1. The fourth-order valence-electron chi connectivity index (χ4n) is 2.81. The molecule has 1 aromatic carbocycles. The van der Waals surface area contributed by atoms with Crippen LogP contribution < -0.4 is 11.1 Å². The van der Waals surface area contributed by atoms with E-state index in [2.05, 4.69) is 30.4 Å². The fraction of sp³-hybridized carbons (Fsp3) is 0.684. The third-order valence-corrected chi connectivity index (χ3v) is 4.20. The van der Waals surface area contributed by atoms with Gasteiger partial charge >= 0.3 is 0 Å². The molecule has 1 rings (SSSR count). The molecule has 0 heterocycles. The van der Waals surface area contributed by atoms with Gasteiger partial charge in [0.2, 0.25) is 0 Å². The van der Waals surface area contributed by atoms with E-state index in [1.165, 1.54) is 69.8 Å². The predicted octanol–water partition coefficient (Wildman–Crippen LogP) is 5.77. The summed E-state index contributed by atoms with van der Waals surface area (Å²) in [5.41, 5.74) is 9.25. The van der Waals surface area contributed by atoms with Crippen molar-refractivity contribution in [3.63, 3.8) is 0 Å². The summed E-state index contributed by atoms with van der Waals surface area (Å²) in [4.78, 5) is 0. The van der Waals surface area contributed by atoms with Gasteiger partial charge in [0.25, 0.3) is 0 Å². The van der Waals surface area contributed by atoms with Gasteiger partial charge in [-0.05, 0) is 30.5 Å². The summed E-state index contributed by atoms with van der Waals surface area (Å²) in [6.45, 7) is 2.28. The highest BCUT2D eigenvalue weighted by atomic mass is 14.8. The summed E-state index contributed by atoms with van der Waals surface area (Å²) in [6, 6.07) is 6.39. The minimum atomic E-state index is 0.863. The van der Waals surface area contributed by atoms with Gasteiger partial charge in [-0.1, -0.05) is 70.8 Å². The number of rotatable bonds is 12. The number of nitrogens with two attached hydrogens (primary N) is 1. The van der Waals surface area contributed by atoms with Crippen molar-refractivity contribution in [1.29, 1.82) is 0 Å². The second-order valence-electron chi connectivity index (χ2n) is 6.10. The molecule has 2 nitrogen and oxygen atoms in total. The maximum absolute atomic E-state index is 5.99. The lowest BCUT2D eigenvalue weighted by molar-refractivity contribution is 0.556. The highest BCUT2D eigenvalue weighted by Crippen LogP contribution is 2.20. The second-order valence-corrected chi connectivity index (χ2v) is 6.10. The molecule has 0 aliphatic heterocycles. The van der Waals surface area contributed by atoms with E-state index in [1.807, 2.05) is 7.05 Å². The van der Waals surface area contributed by atoms with Crippen LogP contribution >= 0.6 is 0 Å². The lowest BCUT2D eigenvalue weighted by Gasteiger charge is -2.08. The Morgan fingerprint density at radius 3 is 1.95 bits per heavy atom. The molecule has 0 aliphatic carbocycles. The van der Waals surface area contributed by atoms with Crippen molar-refractivity contribution in [2.75, 3.05) is 18.1 Å². The van der Waals surface area contributed by atoms with Gasteiger partial charge < -0.3 is 11.1 Å². The van der Waals surface area contributed by atoms with Gasteiger partial charge in [-0.15, -0.1) is 0 Å². The molecule has 0 amide bonds. The summed E-state index contributed by atoms with van der Waals surface area (Å²) in [6.07, 6.45) is 15.1. The van der Waals surface area contributed by atoms with Crippen molar-refractivity contribution in [2.45, 2.75) is 77.6 Å². The van der Waals surface area contributed by atoms with E-state index in [-0.39, 0.29) is 0 Å². The smallest absolute Gasteiger partial charge is 0.0571 e. The molecule has 3 N–H and O–H groups in total. The van der Waals surface area contributed by atoms with E-state index in [9.17, 15) is 0 Å². The summed E-state index contributed by atoms with van der Waals surface area (Å²) in [5, 5.41) is 3.11. The maximum Gasteiger partial charge on any atom is 0.0571 e. The van der Waals surface area contributed by atoms with Crippen LogP contribution in [0, 0.1) is 0 Å². The molecule has 21 heavy (non-hydrogen) atoms. The van der Waals surface area contributed by atoms with Crippen molar-refractivity contribution < 1.29 is 0 Å². The van der Waals surface area contributed by atoms with Crippen molar-refractivity contribution in [3.8, 4) is 0 Å². The third kappa shape index (κ3) is 7.99. The summed E-state index contributed by atoms with van der Waals surface area (Å²) in [7, 11) is 1.91. The highest BCUT2D eigenvalue weighted by Gasteiger charge is 1.99. The lowest BCUT2D eigenvalue weighted by atomic mass is 10.0. The molecule has 0 fully saturated rings. The summed E-state index contributed by atoms with van der Waals surface area (Å²) in [5.74, 6) is 0. The van der Waals surface area contributed by atoms with Gasteiger partial charge in [-0.25, -0.2) is 0 Å². The first kappa shape index (κ1) is 17.9. The molecular weight excluding hydrogens is 256 g/mol. The van der Waals surface area contributed by atoms with Crippen LogP contribution in [0.5, 0.6) is 0 Å². The standard InChI is InChI=1S/C19H34N2/c1-3-4-5-6-7-8-9-10-11-12-13-17-14-15-19(21-2)18(20)16-17/h14-16,21H,3-13,20H2,1-2H3. The lowest BCUT2D eigenvalue weighted by Crippen LogP contribution is -1.97. The Kier molecular flexibility index (Phi) is 9.77. The first-order valence-electron chi connectivity index (χ1n) is 8.84. The second kappa shape index (κ2) is 11.5. The number of aryl methyl sites for hydroxylation is 1. The maximum atomic E-state index is 5.99.